The van der Waals surface area contributed by atoms with E-state index in [0.29, 0.717) is 18.2 Å². The Labute approximate surface area is 161 Å². The van der Waals surface area contributed by atoms with Gasteiger partial charge in [-0.15, -0.1) is 0 Å². The van der Waals surface area contributed by atoms with E-state index in [1.54, 1.807) is 6.20 Å². The Hall–Kier alpha value is -2.67. The minimum atomic E-state index is 0.581. The molecule has 0 amide bonds. The van der Waals surface area contributed by atoms with Crippen LogP contribution in [0.2, 0.25) is 0 Å². The summed E-state index contributed by atoms with van der Waals surface area (Å²) in [5.41, 5.74) is 16.1. The number of aryl methyl sites for hydroxylation is 2. The van der Waals surface area contributed by atoms with Gasteiger partial charge in [-0.05, 0) is 73.1 Å². The van der Waals surface area contributed by atoms with E-state index in [2.05, 4.69) is 30.9 Å². The maximum atomic E-state index is 5.75. The Morgan fingerprint density at radius 3 is 2.19 bits per heavy atom. The summed E-state index contributed by atoms with van der Waals surface area (Å²) < 4.78 is 6.31. The van der Waals surface area contributed by atoms with Gasteiger partial charge in [-0.2, -0.15) is 0 Å². The number of hydrogen-bond acceptors (Lipinski definition) is 6. The molecule has 0 aliphatic rings. The lowest BCUT2D eigenvalue weighted by atomic mass is 10.1. The van der Waals surface area contributed by atoms with E-state index in [4.69, 9.17) is 16.2 Å². The molecule has 6 nitrogen and oxygen atoms in total. The van der Waals surface area contributed by atoms with E-state index in [1.807, 2.05) is 57.2 Å². The molecule has 3 rings (SSSR count). The predicted octanol–water partition coefficient (Wildman–Crippen LogP) is 4.17. The lowest BCUT2D eigenvalue weighted by molar-refractivity contribution is 0.328. The van der Waals surface area contributed by atoms with Crippen molar-refractivity contribution in [1.29, 1.82) is 0 Å². The monoisotopic (exact) mass is 415 g/mol. The molecule has 3 aromatic rings. The molecule has 0 saturated heterocycles. The zero-order valence-electron chi connectivity index (χ0n) is 15.0. The molecule has 4 N–H and O–H groups in total. The highest BCUT2D eigenvalue weighted by atomic mass is 79.9. The summed E-state index contributed by atoms with van der Waals surface area (Å²) in [6.07, 6.45) is 1.71. The summed E-state index contributed by atoms with van der Waals surface area (Å²) in [6.45, 7) is 6.27. The van der Waals surface area contributed by atoms with Crippen LogP contribution in [-0.2, 0) is 0 Å². The molecule has 0 atom stereocenters. The van der Waals surface area contributed by atoms with Crippen LogP contribution in [0.3, 0.4) is 0 Å². The fourth-order valence-electron chi connectivity index (χ4n) is 2.10. The summed E-state index contributed by atoms with van der Waals surface area (Å²) in [7, 11) is 0. The lowest BCUT2D eigenvalue weighted by Gasteiger charge is -2.09. The van der Waals surface area contributed by atoms with Crippen LogP contribution < -0.4 is 16.2 Å². The van der Waals surface area contributed by atoms with Crippen LogP contribution in [0.25, 0.3) is 11.3 Å². The molecule has 7 heteroatoms. The average molecular weight is 416 g/mol. The number of ether oxygens (including phenoxy) is 1. The lowest BCUT2D eigenvalue weighted by Crippen LogP contribution is -1.99. The van der Waals surface area contributed by atoms with Gasteiger partial charge in [0.05, 0.1) is 40.6 Å². The second-order valence-corrected chi connectivity index (χ2v) is 6.28. The molecular formula is C19H22BrN5O. The summed E-state index contributed by atoms with van der Waals surface area (Å²) in [6, 6.07) is 11.2. The van der Waals surface area contributed by atoms with Crippen molar-refractivity contribution in [2.45, 2.75) is 20.8 Å². The molecule has 0 bridgehead atoms. The van der Waals surface area contributed by atoms with E-state index < -0.39 is 0 Å². The van der Waals surface area contributed by atoms with Gasteiger partial charge in [0, 0.05) is 6.20 Å². The van der Waals surface area contributed by atoms with Crippen LogP contribution in [0.1, 0.15) is 18.3 Å². The quantitative estimate of drug-likeness (QED) is 0.622. The topological polar surface area (TPSA) is 99.9 Å². The fraction of sp³-hybridized carbons (Fsp3) is 0.211. The van der Waals surface area contributed by atoms with Crippen molar-refractivity contribution in [3.8, 4) is 17.1 Å². The standard InChI is InChI=1S/C13H15N3O.C6H7BrN2/c1-3-17-13-10(5-4-8-15-13)12-7-6-11(14)9(2)16-12;1-4-5(8)2-3-6(7)9-4/h4-8H,3,14H2,1-2H3;2-3H,8H2,1H3. The SMILES string of the molecule is CCOc1ncccc1-c1ccc(N)c(C)n1.Cc1nc(Br)ccc1N. The first kappa shape index (κ1) is 19.7. The molecule has 3 aromatic heterocycles. The number of nitrogens with two attached hydrogens (primary N) is 2. The molecule has 136 valence electrons. The number of hydrogen-bond donors (Lipinski definition) is 2. The molecular weight excluding hydrogens is 394 g/mol. The summed E-state index contributed by atoms with van der Waals surface area (Å²) in [5, 5.41) is 0. The smallest absolute Gasteiger partial charge is 0.222 e. The Bertz CT molecular complexity index is 886. The van der Waals surface area contributed by atoms with Gasteiger partial charge in [0.15, 0.2) is 0 Å². The van der Waals surface area contributed by atoms with Crippen molar-refractivity contribution in [1.82, 2.24) is 15.0 Å². The largest absolute Gasteiger partial charge is 0.477 e. The third kappa shape index (κ3) is 5.16. The molecule has 26 heavy (non-hydrogen) atoms. The van der Waals surface area contributed by atoms with E-state index in [1.165, 1.54) is 0 Å². The molecule has 0 aliphatic heterocycles. The third-order valence-electron chi connectivity index (χ3n) is 3.55. The molecule has 0 radical (unpaired) electrons. The van der Waals surface area contributed by atoms with E-state index in [9.17, 15) is 0 Å². The Kier molecular flexibility index (Phi) is 6.91. The van der Waals surface area contributed by atoms with Crippen LogP contribution in [0, 0.1) is 13.8 Å². The van der Waals surface area contributed by atoms with Gasteiger partial charge in [-0.1, -0.05) is 0 Å². The normalized spacial score (nSPS) is 10.0. The molecule has 3 heterocycles. The minimum Gasteiger partial charge on any atom is -0.477 e. The van der Waals surface area contributed by atoms with Crippen molar-refractivity contribution in [2.75, 3.05) is 18.1 Å². The van der Waals surface area contributed by atoms with Crippen LogP contribution in [0.4, 0.5) is 11.4 Å². The van der Waals surface area contributed by atoms with Crippen molar-refractivity contribution in [3.05, 3.63) is 58.6 Å². The van der Waals surface area contributed by atoms with Crippen LogP contribution in [-0.4, -0.2) is 21.6 Å². The Balaban J connectivity index is 0.000000228. The van der Waals surface area contributed by atoms with Gasteiger partial charge in [0.1, 0.15) is 4.60 Å². The summed E-state index contributed by atoms with van der Waals surface area (Å²) in [5.74, 6) is 0.603. The molecule has 0 spiro atoms. The second-order valence-electron chi connectivity index (χ2n) is 5.47. The molecule has 0 saturated carbocycles. The molecule has 0 unspecified atom stereocenters. The Morgan fingerprint density at radius 1 is 0.962 bits per heavy atom. The van der Waals surface area contributed by atoms with Crippen molar-refractivity contribution < 1.29 is 4.74 Å². The highest BCUT2D eigenvalue weighted by Crippen LogP contribution is 2.27. The summed E-state index contributed by atoms with van der Waals surface area (Å²) >= 11 is 3.23. The first-order valence-electron chi connectivity index (χ1n) is 8.12. The van der Waals surface area contributed by atoms with Crippen LogP contribution in [0.15, 0.2) is 47.2 Å². The van der Waals surface area contributed by atoms with Gasteiger partial charge in [-0.25, -0.2) is 9.97 Å². The van der Waals surface area contributed by atoms with Crippen molar-refractivity contribution in [3.63, 3.8) is 0 Å². The number of aromatic nitrogens is 3. The summed E-state index contributed by atoms with van der Waals surface area (Å²) in [4.78, 5) is 12.7. The number of rotatable bonds is 3. The van der Waals surface area contributed by atoms with Crippen LogP contribution >= 0.6 is 15.9 Å². The highest BCUT2D eigenvalue weighted by molar-refractivity contribution is 9.10. The van der Waals surface area contributed by atoms with Crippen molar-refractivity contribution in [2.24, 2.45) is 0 Å². The number of nitrogen functional groups attached to an aromatic ring is 2. The second kappa shape index (κ2) is 9.15. The zero-order valence-corrected chi connectivity index (χ0v) is 16.6. The van der Waals surface area contributed by atoms with E-state index in [-0.39, 0.29) is 0 Å². The number of nitrogens with zero attached hydrogens (tertiary/aromatic N) is 3. The minimum absolute atomic E-state index is 0.581. The van der Waals surface area contributed by atoms with Crippen molar-refractivity contribution >= 4 is 27.3 Å². The highest BCUT2D eigenvalue weighted by Gasteiger charge is 2.09. The van der Waals surface area contributed by atoms with E-state index in [0.717, 1.165) is 32.9 Å². The molecule has 0 fully saturated rings. The fourth-order valence-corrected chi connectivity index (χ4v) is 2.50. The molecule has 0 aromatic carbocycles. The zero-order chi connectivity index (χ0) is 19.1. The van der Waals surface area contributed by atoms with Gasteiger partial charge in [0.25, 0.3) is 0 Å². The Morgan fingerprint density at radius 2 is 1.62 bits per heavy atom. The first-order chi connectivity index (χ1) is 12.4. The first-order valence-corrected chi connectivity index (χ1v) is 8.91. The predicted molar refractivity (Wildman–Crippen MR) is 109 cm³/mol. The maximum absolute atomic E-state index is 5.75. The number of halogens is 1. The maximum Gasteiger partial charge on any atom is 0.222 e. The van der Waals surface area contributed by atoms with Crippen LogP contribution in [0.5, 0.6) is 5.88 Å². The number of anilines is 2. The molecule has 0 aliphatic carbocycles. The third-order valence-corrected chi connectivity index (χ3v) is 3.99. The van der Waals surface area contributed by atoms with Gasteiger partial charge in [0.2, 0.25) is 5.88 Å². The number of pyridine rings is 3. The van der Waals surface area contributed by atoms with Gasteiger partial charge < -0.3 is 16.2 Å². The average Bonchev–Trinajstić information content (AvgIpc) is 2.62. The van der Waals surface area contributed by atoms with Gasteiger partial charge in [-0.3, -0.25) is 4.98 Å². The van der Waals surface area contributed by atoms with Gasteiger partial charge >= 0.3 is 0 Å². The van der Waals surface area contributed by atoms with E-state index >= 15 is 0 Å².